The molecule has 120 valence electrons. The van der Waals surface area contributed by atoms with Crippen molar-refractivity contribution in [2.24, 2.45) is 5.41 Å². The maximum Gasteiger partial charge on any atom is 0.231 e. The number of carbonyl (C=O) groups is 1. The summed E-state index contributed by atoms with van der Waals surface area (Å²) in [6.45, 7) is 5.93. The van der Waals surface area contributed by atoms with Crippen molar-refractivity contribution in [3.63, 3.8) is 0 Å². The van der Waals surface area contributed by atoms with Crippen molar-refractivity contribution in [1.82, 2.24) is 0 Å². The molecule has 5 nitrogen and oxygen atoms in total. The van der Waals surface area contributed by atoms with Crippen LogP contribution in [-0.2, 0) is 4.79 Å². The molecule has 0 aliphatic carbocycles. The Bertz CT molecular complexity index is 718. The van der Waals surface area contributed by atoms with Gasteiger partial charge < -0.3 is 20.1 Å². The number of benzene rings is 2. The highest BCUT2D eigenvalue weighted by Crippen LogP contribution is 2.35. The second-order valence-corrected chi connectivity index (χ2v) is 6.47. The highest BCUT2D eigenvalue weighted by molar-refractivity contribution is 5.94. The number of carbonyl (C=O) groups excluding carboxylic acids is 1. The summed E-state index contributed by atoms with van der Waals surface area (Å²) < 4.78 is 10.7. The van der Waals surface area contributed by atoms with E-state index in [1.54, 1.807) is 0 Å². The molecule has 0 spiro atoms. The van der Waals surface area contributed by atoms with Crippen LogP contribution in [0.15, 0.2) is 42.5 Å². The van der Waals surface area contributed by atoms with Crippen molar-refractivity contribution < 1.29 is 14.3 Å². The van der Waals surface area contributed by atoms with Gasteiger partial charge in [-0.25, -0.2) is 0 Å². The van der Waals surface area contributed by atoms with Crippen LogP contribution in [0.5, 0.6) is 11.5 Å². The molecule has 0 radical (unpaired) electrons. The lowest BCUT2D eigenvalue weighted by Gasteiger charge is -2.17. The fourth-order valence-corrected chi connectivity index (χ4v) is 2.10. The number of amides is 1. The highest BCUT2D eigenvalue weighted by atomic mass is 16.7. The number of hydrogen-bond donors (Lipinski definition) is 2. The minimum absolute atomic E-state index is 0.00557. The minimum Gasteiger partial charge on any atom is -0.454 e. The van der Waals surface area contributed by atoms with Crippen molar-refractivity contribution >= 4 is 23.0 Å². The van der Waals surface area contributed by atoms with Crippen LogP contribution in [-0.4, -0.2) is 12.7 Å². The summed E-state index contributed by atoms with van der Waals surface area (Å²) in [6.07, 6.45) is 0. The topological polar surface area (TPSA) is 59.6 Å². The first-order chi connectivity index (χ1) is 10.9. The molecule has 1 aliphatic rings. The molecule has 0 saturated heterocycles. The molecule has 2 aromatic rings. The Labute approximate surface area is 135 Å². The zero-order chi connectivity index (χ0) is 16.4. The number of fused-ring (bicyclic) bond motifs is 1. The van der Waals surface area contributed by atoms with Crippen LogP contribution >= 0.6 is 0 Å². The SMILES string of the molecule is CC(C)(C)C(=O)Nc1ccc(Nc2ccc3c(c2)OCO3)cc1. The Morgan fingerprint density at radius 2 is 1.52 bits per heavy atom. The number of anilines is 3. The van der Waals surface area contributed by atoms with E-state index in [1.165, 1.54) is 0 Å². The molecular weight excluding hydrogens is 292 g/mol. The predicted octanol–water partition coefficient (Wildman–Crippen LogP) is 4.14. The molecule has 5 heteroatoms. The standard InChI is InChI=1S/C18H20N2O3/c1-18(2,3)17(21)20-13-6-4-12(5-7-13)19-14-8-9-15-16(10-14)23-11-22-15/h4-10,19H,11H2,1-3H3,(H,20,21). The molecule has 3 rings (SSSR count). The first-order valence-corrected chi connectivity index (χ1v) is 7.50. The Morgan fingerprint density at radius 3 is 2.22 bits per heavy atom. The van der Waals surface area contributed by atoms with Gasteiger partial charge in [0, 0.05) is 28.5 Å². The van der Waals surface area contributed by atoms with Gasteiger partial charge >= 0.3 is 0 Å². The third kappa shape index (κ3) is 3.56. The summed E-state index contributed by atoms with van der Waals surface area (Å²) in [5.74, 6) is 1.49. The van der Waals surface area contributed by atoms with E-state index in [-0.39, 0.29) is 12.7 Å². The van der Waals surface area contributed by atoms with Gasteiger partial charge in [-0.1, -0.05) is 20.8 Å². The molecule has 0 bridgehead atoms. The summed E-state index contributed by atoms with van der Waals surface area (Å²) >= 11 is 0. The van der Waals surface area contributed by atoms with E-state index in [9.17, 15) is 4.79 Å². The van der Waals surface area contributed by atoms with Gasteiger partial charge in [0.2, 0.25) is 12.7 Å². The Hall–Kier alpha value is -2.69. The largest absolute Gasteiger partial charge is 0.454 e. The van der Waals surface area contributed by atoms with Crippen LogP contribution in [0, 0.1) is 5.41 Å². The lowest BCUT2D eigenvalue weighted by molar-refractivity contribution is -0.123. The van der Waals surface area contributed by atoms with E-state index >= 15 is 0 Å². The van der Waals surface area contributed by atoms with E-state index in [1.807, 2.05) is 63.2 Å². The fourth-order valence-electron chi connectivity index (χ4n) is 2.10. The van der Waals surface area contributed by atoms with Crippen molar-refractivity contribution in [1.29, 1.82) is 0 Å². The van der Waals surface area contributed by atoms with Crippen LogP contribution in [0.25, 0.3) is 0 Å². The van der Waals surface area contributed by atoms with Crippen LogP contribution in [0.1, 0.15) is 20.8 Å². The first-order valence-electron chi connectivity index (χ1n) is 7.50. The second-order valence-electron chi connectivity index (χ2n) is 6.47. The zero-order valence-corrected chi connectivity index (χ0v) is 13.5. The van der Waals surface area contributed by atoms with Gasteiger partial charge in [0.15, 0.2) is 11.5 Å². The normalized spacial score (nSPS) is 12.8. The summed E-state index contributed by atoms with van der Waals surface area (Å²) in [7, 11) is 0. The van der Waals surface area contributed by atoms with E-state index in [4.69, 9.17) is 9.47 Å². The molecule has 23 heavy (non-hydrogen) atoms. The summed E-state index contributed by atoms with van der Waals surface area (Å²) in [5.41, 5.74) is 2.21. The molecule has 2 N–H and O–H groups in total. The molecule has 1 amide bonds. The third-order valence-electron chi connectivity index (χ3n) is 3.49. The van der Waals surface area contributed by atoms with Gasteiger partial charge in [0.1, 0.15) is 0 Å². The highest BCUT2D eigenvalue weighted by Gasteiger charge is 2.21. The number of rotatable bonds is 3. The van der Waals surface area contributed by atoms with E-state index in [0.717, 1.165) is 28.6 Å². The lowest BCUT2D eigenvalue weighted by atomic mass is 9.95. The second kappa shape index (κ2) is 5.83. The van der Waals surface area contributed by atoms with Gasteiger partial charge in [-0.3, -0.25) is 4.79 Å². The van der Waals surface area contributed by atoms with E-state index < -0.39 is 5.41 Å². The number of hydrogen-bond acceptors (Lipinski definition) is 4. The van der Waals surface area contributed by atoms with Crippen LogP contribution in [0.3, 0.4) is 0 Å². The van der Waals surface area contributed by atoms with Gasteiger partial charge in [-0.2, -0.15) is 0 Å². The predicted molar refractivity (Wildman–Crippen MR) is 90.4 cm³/mol. The van der Waals surface area contributed by atoms with Gasteiger partial charge in [-0.05, 0) is 36.4 Å². The van der Waals surface area contributed by atoms with Gasteiger partial charge in [0.25, 0.3) is 0 Å². The molecule has 1 aliphatic heterocycles. The smallest absolute Gasteiger partial charge is 0.231 e. The molecule has 0 aromatic heterocycles. The zero-order valence-electron chi connectivity index (χ0n) is 13.5. The molecule has 0 fully saturated rings. The van der Waals surface area contributed by atoms with E-state index in [0.29, 0.717) is 0 Å². The Kier molecular flexibility index (Phi) is 3.86. The molecule has 1 heterocycles. The number of ether oxygens (including phenoxy) is 2. The fraction of sp³-hybridized carbons (Fsp3) is 0.278. The van der Waals surface area contributed by atoms with Crippen LogP contribution in [0.2, 0.25) is 0 Å². The quantitative estimate of drug-likeness (QED) is 0.894. The van der Waals surface area contributed by atoms with Crippen molar-refractivity contribution in [3.05, 3.63) is 42.5 Å². The summed E-state index contributed by atoms with van der Waals surface area (Å²) in [6, 6.07) is 13.3. The van der Waals surface area contributed by atoms with Crippen LogP contribution < -0.4 is 20.1 Å². The molecule has 2 aromatic carbocycles. The first kappa shape index (κ1) is 15.2. The third-order valence-corrected chi connectivity index (χ3v) is 3.49. The van der Waals surface area contributed by atoms with Gasteiger partial charge in [0.05, 0.1) is 0 Å². The average molecular weight is 312 g/mol. The summed E-state index contributed by atoms with van der Waals surface area (Å²) in [4.78, 5) is 12.0. The number of nitrogens with one attached hydrogen (secondary N) is 2. The monoisotopic (exact) mass is 312 g/mol. The average Bonchev–Trinajstić information content (AvgIpc) is 2.96. The van der Waals surface area contributed by atoms with Crippen LogP contribution in [0.4, 0.5) is 17.1 Å². The molecule has 0 unspecified atom stereocenters. The maximum atomic E-state index is 12.0. The van der Waals surface area contributed by atoms with Crippen molar-refractivity contribution in [2.75, 3.05) is 17.4 Å². The van der Waals surface area contributed by atoms with E-state index in [2.05, 4.69) is 10.6 Å². The molecule has 0 saturated carbocycles. The maximum absolute atomic E-state index is 12.0. The summed E-state index contributed by atoms with van der Waals surface area (Å²) in [5, 5.41) is 6.20. The van der Waals surface area contributed by atoms with Crippen molar-refractivity contribution in [3.8, 4) is 11.5 Å². The molecular formula is C18H20N2O3. The van der Waals surface area contributed by atoms with Gasteiger partial charge in [-0.15, -0.1) is 0 Å². The Morgan fingerprint density at radius 1 is 0.913 bits per heavy atom. The van der Waals surface area contributed by atoms with Crippen molar-refractivity contribution in [2.45, 2.75) is 20.8 Å². The lowest BCUT2D eigenvalue weighted by Crippen LogP contribution is -2.27. The minimum atomic E-state index is -0.413. The molecule has 0 atom stereocenters. The Balaban J connectivity index is 1.67.